The van der Waals surface area contributed by atoms with Crippen molar-refractivity contribution in [2.24, 2.45) is 0 Å². The van der Waals surface area contributed by atoms with Crippen LogP contribution in [0.4, 0.5) is 0 Å². The van der Waals surface area contributed by atoms with E-state index in [0.717, 1.165) is 0 Å². The average Bonchev–Trinajstić information content (AvgIpc) is 2.38. The summed E-state index contributed by atoms with van der Waals surface area (Å²) in [5.74, 6) is 0.502. The highest BCUT2D eigenvalue weighted by Gasteiger charge is 2.16. The van der Waals surface area contributed by atoms with Crippen LogP contribution in [-0.4, -0.2) is 9.81 Å². The molecule has 0 aliphatic rings. The van der Waals surface area contributed by atoms with Crippen molar-refractivity contribution < 1.29 is 0 Å². The Morgan fingerprint density at radius 2 is 1.94 bits per heavy atom. The number of nitrogens with zero attached hydrogens (tertiary/aromatic N) is 1. The highest BCUT2D eigenvalue weighted by atomic mass is 79.9. The maximum Gasteiger partial charge on any atom is 0.0442 e. The smallest absolute Gasteiger partial charge is 0.0442 e. The van der Waals surface area contributed by atoms with Gasteiger partial charge in [-0.25, -0.2) is 0 Å². The Morgan fingerprint density at radius 1 is 1.18 bits per heavy atom. The molecule has 1 heterocycles. The van der Waals surface area contributed by atoms with E-state index >= 15 is 0 Å². The number of pyridine rings is 1. The lowest BCUT2D eigenvalue weighted by atomic mass is 9.98. The molecule has 1 aromatic rings. The molecule has 0 N–H and O–H groups in total. The molecule has 0 aliphatic carbocycles. The molecule has 0 aromatic carbocycles. The topological polar surface area (TPSA) is 12.9 Å². The number of rotatable bonds is 8. The van der Waals surface area contributed by atoms with Gasteiger partial charge >= 0.3 is 0 Å². The summed E-state index contributed by atoms with van der Waals surface area (Å²) in [4.78, 5) is 4.98. The van der Waals surface area contributed by atoms with E-state index in [1.807, 2.05) is 12.3 Å². The van der Waals surface area contributed by atoms with Gasteiger partial charge in [0.15, 0.2) is 0 Å². The van der Waals surface area contributed by atoms with Crippen LogP contribution in [0.5, 0.6) is 0 Å². The van der Waals surface area contributed by atoms with Crippen molar-refractivity contribution in [3.63, 3.8) is 0 Å². The van der Waals surface area contributed by atoms with Crippen LogP contribution < -0.4 is 0 Å². The summed E-state index contributed by atoms with van der Waals surface area (Å²) >= 11 is 3.81. The molecule has 0 radical (unpaired) electrons. The Hall–Kier alpha value is -0.370. The second-order valence-electron chi connectivity index (χ2n) is 4.76. The van der Waals surface area contributed by atoms with Gasteiger partial charge in [-0.05, 0) is 18.6 Å². The van der Waals surface area contributed by atoms with Crippen LogP contribution in [0, 0.1) is 0 Å². The van der Waals surface area contributed by atoms with Crippen molar-refractivity contribution in [1.29, 1.82) is 0 Å². The van der Waals surface area contributed by atoms with Crippen LogP contribution in [0.25, 0.3) is 0 Å². The number of hydrogen-bond acceptors (Lipinski definition) is 1. The van der Waals surface area contributed by atoms with Crippen molar-refractivity contribution in [3.8, 4) is 0 Å². The van der Waals surface area contributed by atoms with E-state index in [1.54, 1.807) is 0 Å². The SMILES string of the molecule is CCCCCCCC(Br)C(C)c1ccccn1. The van der Waals surface area contributed by atoms with Crippen LogP contribution in [0.15, 0.2) is 24.4 Å². The molecular formula is C15H24BrN. The summed E-state index contributed by atoms with van der Waals surface area (Å²) in [6.45, 7) is 4.52. The Balaban J connectivity index is 2.25. The van der Waals surface area contributed by atoms with Gasteiger partial charge in [-0.1, -0.05) is 67.9 Å². The molecule has 1 rings (SSSR count). The van der Waals surface area contributed by atoms with Gasteiger partial charge in [-0.2, -0.15) is 0 Å². The van der Waals surface area contributed by atoms with Crippen LogP contribution in [0.1, 0.15) is 64.0 Å². The van der Waals surface area contributed by atoms with Gasteiger partial charge in [0.25, 0.3) is 0 Å². The van der Waals surface area contributed by atoms with Gasteiger partial charge in [0.05, 0.1) is 0 Å². The fraction of sp³-hybridized carbons (Fsp3) is 0.667. The highest BCUT2D eigenvalue weighted by molar-refractivity contribution is 9.09. The molecule has 2 unspecified atom stereocenters. The van der Waals surface area contributed by atoms with E-state index in [4.69, 9.17) is 0 Å². The van der Waals surface area contributed by atoms with E-state index in [9.17, 15) is 0 Å². The van der Waals surface area contributed by atoms with Crippen LogP contribution in [0.2, 0.25) is 0 Å². The van der Waals surface area contributed by atoms with Gasteiger partial charge in [0.2, 0.25) is 0 Å². The first-order valence-electron chi connectivity index (χ1n) is 6.80. The van der Waals surface area contributed by atoms with Gasteiger partial charge in [-0.3, -0.25) is 4.98 Å². The van der Waals surface area contributed by atoms with Crippen LogP contribution >= 0.6 is 15.9 Å². The standard InChI is InChI=1S/C15H24BrN/c1-3-4-5-6-7-10-14(16)13(2)15-11-8-9-12-17-15/h8-9,11-14H,3-7,10H2,1-2H3. The summed E-state index contributed by atoms with van der Waals surface area (Å²) in [7, 11) is 0. The molecule has 17 heavy (non-hydrogen) atoms. The molecule has 1 nitrogen and oxygen atoms in total. The minimum Gasteiger partial charge on any atom is -0.261 e. The van der Waals surface area contributed by atoms with Crippen molar-refractivity contribution >= 4 is 15.9 Å². The molecule has 0 saturated carbocycles. The third kappa shape index (κ3) is 5.67. The average molecular weight is 298 g/mol. The molecule has 0 saturated heterocycles. The Bertz CT molecular complexity index is 286. The number of halogens is 1. The molecule has 0 spiro atoms. The summed E-state index contributed by atoms with van der Waals surface area (Å²) in [6, 6.07) is 6.17. The zero-order chi connectivity index (χ0) is 12.5. The van der Waals surface area contributed by atoms with Gasteiger partial charge in [-0.15, -0.1) is 0 Å². The van der Waals surface area contributed by atoms with Crippen LogP contribution in [0.3, 0.4) is 0 Å². The third-order valence-corrected chi connectivity index (χ3v) is 4.53. The van der Waals surface area contributed by atoms with E-state index < -0.39 is 0 Å². The molecule has 0 amide bonds. The second kappa shape index (κ2) is 8.68. The maximum absolute atomic E-state index is 4.43. The minimum atomic E-state index is 0.502. The molecule has 0 fully saturated rings. The van der Waals surface area contributed by atoms with Crippen molar-refractivity contribution in [2.75, 3.05) is 0 Å². The normalized spacial score (nSPS) is 14.5. The van der Waals surface area contributed by atoms with Crippen molar-refractivity contribution in [3.05, 3.63) is 30.1 Å². The number of unbranched alkanes of at least 4 members (excludes halogenated alkanes) is 4. The van der Waals surface area contributed by atoms with Gasteiger partial charge in [0.1, 0.15) is 0 Å². The first-order chi connectivity index (χ1) is 8.25. The lowest BCUT2D eigenvalue weighted by Crippen LogP contribution is -2.10. The van der Waals surface area contributed by atoms with E-state index in [2.05, 4.69) is 46.9 Å². The Kier molecular flexibility index (Phi) is 7.50. The van der Waals surface area contributed by atoms with Crippen molar-refractivity contribution in [2.45, 2.75) is 63.1 Å². The predicted octanol–water partition coefficient (Wildman–Crippen LogP) is 5.31. The first kappa shape index (κ1) is 14.7. The van der Waals surface area contributed by atoms with E-state index in [-0.39, 0.29) is 0 Å². The monoisotopic (exact) mass is 297 g/mol. The number of aromatic nitrogens is 1. The zero-order valence-electron chi connectivity index (χ0n) is 11.0. The summed E-state index contributed by atoms with van der Waals surface area (Å²) in [5, 5.41) is 0. The molecule has 96 valence electrons. The Labute approximate surface area is 114 Å². The highest BCUT2D eigenvalue weighted by Crippen LogP contribution is 2.27. The molecule has 0 aliphatic heterocycles. The first-order valence-corrected chi connectivity index (χ1v) is 7.72. The number of alkyl halides is 1. The minimum absolute atomic E-state index is 0.502. The fourth-order valence-corrected chi connectivity index (χ4v) is 2.62. The summed E-state index contributed by atoms with van der Waals surface area (Å²) in [5.41, 5.74) is 1.20. The van der Waals surface area contributed by atoms with Crippen molar-refractivity contribution in [1.82, 2.24) is 4.98 Å². The van der Waals surface area contributed by atoms with E-state index in [0.29, 0.717) is 10.7 Å². The third-order valence-electron chi connectivity index (χ3n) is 3.28. The number of hydrogen-bond donors (Lipinski definition) is 0. The summed E-state index contributed by atoms with van der Waals surface area (Å²) in [6.07, 6.45) is 9.91. The van der Waals surface area contributed by atoms with E-state index in [1.165, 1.54) is 44.2 Å². The molecule has 2 atom stereocenters. The maximum atomic E-state index is 4.43. The predicted molar refractivity (Wildman–Crippen MR) is 78.7 cm³/mol. The lowest BCUT2D eigenvalue weighted by Gasteiger charge is -2.17. The largest absolute Gasteiger partial charge is 0.261 e. The van der Waals surface area contributed by atoms with Gasteiger partial charge in [0, 0.05) is 22.6 Å². The fourth-order valence-electron chi connectivity index (χ4n) is 2.02. The zero-order valence-corrected chi connectivity index (χ0v) is 12.6. The molecule has 1 aromatic heterocycles. The lowest BCUT2D eigenvalue weighted by molar-refractivity contribution is 0.567. The van der Waals surface area contributed by atoms with Crippen LogP contribution in [-0.2, 0) is 0 Å². The second-order valence-corrected chi connectivity index (χ2v) is 5.94. The molecule has 2 heteroatoms. The quantitative estimate of drug-likeness (QED) is 0.468. The van der Waals surface area contributed by atoms with Gasteiger partial charge < -0.3 is 0 Å². The summed E-state index contributed by atoms with van der Waals surface area (Å²) < 4.78 is 0. The Morgan fingerprint density at radius 3 is 2.59 bits per heavy atom. The molecular weight excluding hydrogens is 274 g/mol. The molecule has 0 bridgehead atoms.